The maximum atomic E-state index is 6.08. The highest BCUT2D eigenvalue weighted by Gasteiger charge is 2.17. The van der Waals surface area contributed by atoms with Crippen LogP contribution in [0.4, 0.5) is 0 Å². The summed E-state index contributed by atoms with van der Waals surface area (Å²) in [7, 11) is 0. The fourth-order valence-electron chi connectivity index (χ4n) is 1.35. The van der Waals surface area contributed by atoms with Crippen LogP contribution in [0, 0.1) is 13.8 Å². The Hall–Kier alpha value is -1.20. The van der Waals surface area contributed by atoms with Crippen molar-refractivity contribution in [2.45, 2.75) is 19.9 Å². The summed E-state index contributed by atoms with van der Waals surface area (Å²) in [6.45, 7) is 3.89. The second kappa shape index (κ2) is 3.51. The van der Waals surface area contributed by atoms with Crippen molar-refractivity contribution in [2.24, 2.45) is 5.73 Å². The molecule has 0 amide bonds. The van der Waals surface area contributed by atoms with Crippen LogP contribution >= 0.6 is 11.5 Å². The normalized spacial score (nSPS) is 13.1. The van der Waals surface area contributed by atoms with Crippen molar-refractivity contribution in [1.29, 1.82) is 0 Å². The molecule has 1 atom stereocenters. The standard InChI is InChI=1S/C9H11N3OS/c1-5-3-13-4-7(5)8(10)9-6(2)11-12-14-9/h3-4,8H,10H2,1-2H3. The third-order valence-electron chi connectivity index (χ3n) is 2.20. The molecular weight excluding hydrogens is 198 g/mol. The van der Waals surface area contributed by atoms with Crippen molar-refractivity contribution in [3.05, 3.63) is 34.2 Å². The van der Waals surface area contributed by atoms with Gasteiger partial charge in [-0.25, -0.2) is 0 Å². The highest BCUT2D eigenvalue weighted by Crippen LogP contribution is 2.26. The van der Waals surface area contributed by atoms with Crippen LogP contribution in [0.2, 0.25) is 0 Å². The van der Waals surface area contributed by atoms with Crippen LogP contribution in [-0.2, 0) is 0 Å². The number of furan rings is 1. The van der Waals surface area contributed by atoms with Gasteiger partial charge in [0.2, 0.25) is 0 Å². The molecule has 2 aromatic heterocycles. The summed E-state index contributed by atoms with van der Waals surface area (Å²) in [5.74, 6) is 0. The quantitative estimate of drug-likeness (QED) is 0.819. The second-order valence-electron chi connectivity index (χ2n) is 3.21. The SMILES string of the molecule is Cc1cocc1C(N)c1snnc1C. The van der Waals surface area contributed by atoms with E-state index in [9.17, 15) is 0 Å². The Kier molecular flexibility index (Phi) is 2.35. The van der Waals surface area contributed by atoms with Crippen LogP contribution in [0.1, 0.15) is 27.7 Å². The first-order valence-electron chi connectivity index (χ1n) is 4.27. The van der Waals surface area contributed by atoms with Gasteiger partial charge in [-0.3, -0.25) is 0 Å². The Morgan fingerprint density at radius 1 is 1.43 bits per heavy atom. The van der Waals surface area contributed by atoms with Gasteiger partial charge < -0.3 is 10.2 Å². The number of rotatable bonds is 2. The third-order valence-corrected chi connectivity index (χ3v) is 3.11. The molecule has 0 aliphatic rings. The van der Waals surface area contributed by atoms with Crippen molar-refractivity contribution in [2.75, 3.05) is 0 Å². The first kappa shape index (κ1) is 9.36. The fraction of sp³-hybridized carbons (Fsp3) is 0.333. The van der Waals surface area contributed by atoms with Gasteiger partial charge in [0.15, 0.2) is 0 Å². The number of nitrogens with zero attached hydrogens (tertiary/aromatic N) is 2. The van der Waals surface area contributed by atoms with E-state index in [-0.39, 0.29) is 6.04 Å². The van der Waals surface area contributed by atoms with Gasteiger partial charge in [-0.1, -0.05) is 4.49 Å². The van der Waals surface area contributed by atoms with E-state index in [4.69, 9.17) is 10.2 Å². The van der Waals surface area contributed by atoms with Crippen molar-refractivity contribution in [3.8, 4) is 0 Å². The van der Waals surface area contributed by atoms with E-state index in [1.165, 1.54) is 11.5 Å². The summed E-state index contributed by atoms with van der Waals surface area (Å²) in [6, 6.07) is -0.172. The Morgan fingerprint density at radius 2 is 2.21 bits per heavy atom. The average molecular weight is 209 g/mol. The molecule has 0 aliphatic carbocycles. The maximum Gasteiger partial charge on any atom is 0.0956 e. The lowest BCUT2D eigenvalue weighted by Gasteiger charge is -2.07. The molecule has 0 saturated heterocycles. The molecule has 2 aromatic rings. The molecule has 0 fully saturated rings. The van der Waals surface area contributed by atoms with E-state index in [1.807, 2.05) is 13.8 Å². The summed E-state index contributed by atoms with van der Waals surface area (Å²) >= 11 is 1.34. The topological polar surface area (TPSA) is 64.9 Å². The van der Waals surface area contributed by atoms with E-state index in [2.05, 4.69) is 9.59 Å². The number of aromatic nitrogens is 2. The van der Waals surface area contributed by atoms with Crippen molar-refractivity contribution >= 4 is 11.5 Å². The zero-order valence-corrected chi connectivity index (χ0v) is 8.84. The Morgan fingerprint density at radius 3 is 2.71 bits per heavy atom. The lowest BCUT2D eigenvalue weighted by molar-refractivity contribution is 0.561. The van der Waals surface area contributed by atoms with Gasteiger partial charge in [0, 0.05) is 5.56 Å². The zero-order valence-electron chi connectivity index (χ0n) is 8.02. The first-order chi connectivity index (χ1) is 6.70. The fourth-order valence-corrected chi connectivity index (χ4v) is 2.02. The minimum atomic E-state index is -0.172. The summed E-state index contributed by atoms with van der Waals surface area (Å²) in [6.07, 6.45) is 3.37. The molecule has 74 valence electrons. The predicted molar refractivity (Wildman–Crippen MR) is 54.1 cm³/mol. The highest BCUT2D eigenvalue weighted by molar-refractivity contribution is 7.05. The van der Waals surface area contributed by atoms with Crippen LogP contribution < -0.4 is 5.73 Å². The predicted octanol–water partition coefficient (Wildman–Crippen LogP) is 1.80. The second-order valence-corrected chi connectivity index (χ2v) is 4.00. The lowest BCUT2D eigenvalue weighted by atomic mass is 10.1. The largest absolute Gasteiger partial charge is 0.472 e. The number of hydrogen-bond acceptors (Lipinski definition) is 5. The monoisotopic (exact) mass is 209 g/mol. The highest BCUT2D eigenvalue weighted by atomic mass is 32.1. The van der Waals surface area contributed by atoms with Gasteiger partial charge in [0.25, 0.3) is 0 Å². The summed E-state index contributed by atoms with van der Waals surface area (Å²) in [5, 5.41) is 3.94. The van der Waals surface area contributed by atoms with E-state index < -0.39 is 0 Å². The van der Waals surface area contributed by atoms with Crippen LogP contribution in [0.5, 0.6) is 0 Å². The van der Waals surface area contributed by atoms with Crippen LogP contribution in [0.15, 0.2) is 16.9 Å². The van der Waals surface area contributed by atoms with Crippen LogP contribution in [0.25, 0.3) is 0 Å². The molecule has 0 spiro atoms. The zero-order chi connectivity index (χ0) is 10.1. The van der Waals surface area contributed by atoms with Crippen molar-refractivity contribution in [1.82, 2.24) is 9.59 Å². The molecular formula is C9H11N3OS. The Labute approximate surface area is 85.9 Å². The summed E-state index contributed by atoms with van der Waals surface area (Å²) < 4.78 is 8.95. The number of aryl methyl sites for hydroxylation is 2. The molecule has 0 saturated carbocycles. The number of nitrogens with two attached hydrogens (primary N) is 1. The molecule has 14 heavy (non-hydrogen) atoms. The molecule has 0 aromatic carbocycles. The molecule has 2 heterocycles. The van der Waals surface area contributed by atoms with Crippen molar-refractivity contribution < 1.29 is 4.42 Å². The van der Waals surface area contributed by atoms with Gasteiger partial charge in [0.1, 0.15) is 0 Å². The van der Waals surface area contributed by atoms with Gasteiger partial charge in [0.05, 0.1) is 29.1 Å². The molecule has 4 nitrogen and oxygen atoms in total. The summed E-state index contributed by atoms with van der Waals surface area (Å²) in [4.78, 5) is 0.995. The smallest absolute Gasteiger partial charge is 0.0956 e. The van der Waals surface area contributed by atoms with Gasteiger partial charge in [-0.05, 0) is 30.9 Å². The minimum Gasteiger partial charge on any atom is -0.472 e. The minimum absolute atomic E-state index is 0.172. The van der Waals surface area contributed by atoms with Gasteiger partial charge in [-0.15, -0.1) is 5.10 Å². The average Bonchev–Trinajstić information content (AvgIpc) is 2.73. The van der Waals surface area contributed by atoms with Gasteiger partial charge in [-0.2, -0.15) is 0 Å². The molecule has 2 N–H and O–H groups in total. The molecule has 0 bridgehead atoms. The van der Waals surface area contributed by atoms with Gasteiger partial charge >= 0.3 is 0 Å². The molecule has 5 heteroatoms. The van der Waals surface area contributed by atoms with Crippen LogP contribution in [0.3, 0.4) is 0 Å². The molecule has 2 rings (SSSR count). The first-order valence-corrected chi connectivity index (χ1v) is 5.04. The van der Waals surface area contributed by atoms with E-state index in [0.717, 1.165) is 21.7 Å². The molecule has 0 radical (unpaired) electrons. The maximum absolute atomic E-state index is 6.08. The Bertz CT molecular complexity index is 394. The molecule has 1 unspecified atom stereocenters. The number of hydrogen-bond donors (Lipinski definition) is 1. The van der Waals surface area contributed by atoms with E-state index in [0.29, 0.717) is 0 Å². The summed E-state index contributed by atoms with van der Waals surface area (Å²) in [5.41, 5.74) is 9.03. The lowest BCUT2D eigenvalue weighted by Crippen LogP contribution is -2.11. The van der Waals surface area contributed by atoms with E-state index in [1.54, 1.807) is 12.5 Å². The van der Waals surface area contributed by atoms with E-state index >= 15 is 0 Å². The molecule has 0 aliphatic heterocycles. The Balaban J connectivity index is 2.38. The van der Waals surface area contributed by atoms with Crippen molar-refractivity contribution in [3.63, 3.8) is 0 Å². The third kappa shape index (κ3) is 1.44. The van der Waals surface area contributed by atoms with Crippen LogP contribution in [-0.4, -0.2) is 9.59 Å².